The number of aromatic nitrogens is 2. The van der Waals surface area contributed by atoms with E-state index in [1.807, 2.05) is 47.2 Å². The maximum Gasteiger partial charge on any atom is 0.182 e. The number of hydrogen-bond donors (Lipinski definition) is 1. The van der Waals surface area contributed by atoms with E-state index in [9.17, 15) is 0 Å². The van der Waals surface area contributed by atoms with Crippen molar-refractivity contribution in [3.63, 3.8) is 0 Å². The number of thiophene rings is 1. The van der Waals surface area contributed by atoms with E-state index in [-0.39, 0.29) is 0 Å². The summed E-state index contributed by atoms with van der Waals surface area (Å²) in [5.74, 6) is 0. The van der Waals surface area contributed by atoms with Crippen molar-refractivity contribution in [2.75, 3.05) is 0 Å². The molecule has 0 spiro atoms. The normalized spacial score (nSPS) is 10.7. The smallest absolute Gasteiger partial charge is 0.182 e. The topological polar surface area (TPSA) is 20.7 Å². The van der Waals surface area contributed by atoms with Crippen LogP contribution in [0.1, 0.15) is 0 Å². The van der Waals surface area contributed by atoms with Crippen LogP contribution in [0.2, 0.25) is 0 Å². The highest BCUT2D eigenvalue weighted by Gasteiger charge is 2.06. The van der Waals surface area contributed by atoms with Gasteiger partial charge in [0.15, 0.2) is 4.77 Å². The second kappa shape index (κ2) is 4.84. The molecule has 0 radical (unpaired) electrons. The number of aromatic amines is 1. The van der Waals surface area contributed by atoms with Crippen molar-refractivity contribution in [2.24, 2.45) is 0 Å². The third kappa shape index (κ3) is 2.21. The van der Waals surface area contributed by atoms with Crippen molar-refractivity contribution in [3.8, 4) is 16.3 Å². The molecule has 0 saturated heterocycles. The Morgan fingerprint density at radius 1 is 1.11 bits per heavy atom. The van der Waals surface area contributed by atoms with Gasteiger partial charge in [0.1, 0.15) is 0 Å². The molecular weight excluding hydrogens is 328 g/mol. The quantitative estimate of drug-likeness (QED) is 0.651. The Bertz CT molecular complexity index is 725. The zero-order valence-corrected chi connectivity index (χ0v) is 12.5. The largest absolute Gasteiger partial charge is 0.330 e. The molecule has 0 fully saturated rings. The molecule has 0 unspecified atom stereocenters. The van der Waals surface area contributed by atoms with E-state index in [1.165, 1.54) is 4.88 Å². The molecule has 2 aromatic heterocycles. The maximum atomic E-state index is 5.36. The van der Waals surface area contributed by atoms with E-state index in [0.717, 1.165) is 15.2 Å². The molecule has 0 aliphatic carbocycles. The first-order valence-corrected chi connectivity index (χ1v) is 7.38. The van der Waals surface area contributed by atoms with E-state index >= 15 is 0 Å². The number of H-pyrrole nitrogens is 1. The average molecular weight is 337 g/mol. The minimum absolute atomic E-state index is 0.709. The Kier molecular flexibility index (Phi) is 3.20. The summed E-state index contributed by atoms with van der Waals surface area (Å²) in [6.45, 7) is 0. The van der Waals surface area contributed by atoms with E-state index < -0.39 is 0 Å². The molecule has 0 atom stereocenters. The first kappa shape index (κ1) is 11.9. The molecule has 3 rings (SSSR count). The van der Waals surface area contributed by atoms with Crippen LogP contribution in [-0.2, 0) is 0 Å². The van der Waals surface area contributed by atoms with Gasteiger partial charge in [0.25, 0.3) is 0 Å². The van der Waals surface area contributed by atoms with Crippen LogP contribution in [0.15, 0.2) is 52.4 Å². The molecule has 1 N–H and O–H groups in total. The van der Waals surface area contributed by atoms with Crippen molar-refractivity contribution in [3.05, 3.63) is 57.2 Å². The lowest BCUT2D eigenvalue weighted by Gasteiger charge is -1.99. The number of imidazole rings is 1. The molecule has 90 valence electrons. The van der Waals surface area contributed by atoms with Crippen molar-refractivity contribution in [1.29, 1.82) is 0 Å². The van der Waals surface area contributed by atoms with Crippen LogP contribution in [-0.4, -0.2) is 9.55 Å². The van der Waals surface area contributed by atoms with Gasteiger partial charge >= 0.3 is 0 Å². The van der Waals surface area contributed by atoms with Crippen LogP contribution < -0.4 is 0 Å². The predicted octanol–water partition coefficient (Wildman–Crippen LogP) is 5.03. The summed E-state index contributed by atoms with van der Waals surface area (Å²) >= 11 is 10.5. The van der Waals surface area contributed by atoms with Gasteiger partial charge in [0.05, 0.1) is 14.4 Å². The number of hydrogen-bond acceptors (Lipinski definition) is 2. The van der Waals surface area contributed by atoms with E-state index in [1.54, 1.807) is 11.3 Å². The molecule has 0 aliphatic rings. The fourth-order valence-corrected chi connectivity index (χ4v) is 3.38. The average Bonchev–Trinajstić information content (AvgIpc) is 2.97. The monoisotopic (exact) mass is 336 g/mol. The van der Waals surface area contributed by atoms with Gasteiger partial charge in [-0.1, -0.05) is 18.2 Å². The first-order chi connectivity index (χ1) is 8.74. The van der Waals surface area contributed by atoms with Crippen molar-refractivity contribution < 1.29 is 0 Å². The van der Waals surface area contributed by atoms with Gasteiger partial charge in [0.2, 0.25) is 0 Å². The summed E-state index contributed by atoms with van der Waals surface area (Å²) in [4.78, 5) is 4.41. The number of para-hydroxylation sites is 1. The zero-order valence-electron chi connectivity index (χ0n) is 9.26. The van der Waals surface area contributed by atoms with Gasteiger partial charge in [-0.3, -0.25) is 4.57 Å². The number of nitrogens with one attached hydrogen (secondary N) is 1. The Morgan fingerprint density at radius 3 is 2.56 bits per heavy atom. The standard InChI is InChI=1S/C13H9BrN2S2/c14-12-7-6-11(18-12)10-8-16(13(17)15-10)9-4-2-1-3-5-9/h1-8H,(H,15,17). The molecule has 18 heavy (non-hydrogen) atoms. The summed E-state index contributed by atoms with van der Waals surface area (Å²) in [5.41, 5.74) is 2.11. The lowest BCUT2D eigenvalue weighted by Crippen LogP contribution is -1.90. The Morgan fingerprint density at radius 2 is 1.89 bits per heavy atom. The van der Waals surface area contributed by atoms with Gasteiger partial charge < -0.3 is 4.98 Å². The molecule has 5 heteroatoms. The summed E-state index contributed by atoms with van der Waals surface area (Å²) in [5, 5.41) is 0. The van der Waals surface area contributed by atoms with E-state index in [4.69, 9.17) is 12.2 Å². The lowest BCUT2D eigenvalue weighted by atomic mass is 10.3. The second-order valence-corrected chi connectivity index (χ2v) is 6.63. The molecule has 0 saturated carbocycles. The molecule has 1 aromatic carbocycles. The van der Waals surface area contributed by atoms with Crippen LogP contribution in [0, 0.1) is 4.77 Å². The Labute approximate surface area is 122 Å². The van der Waals surface area contributed by atoms with Crippen LogP contribution in [0.3, 0.4) is 0 Å². The fraction of sp³-hybridized carbons (Fsp3) is 0. The number of nitrogens with zero attached hydrogens (tertiary/aromatic N) is 1. The Hall–Kier alpha value is -1.17. The highest BCUT2D eigenvalue weighted by atomic mass is 79.9. The SMILES string of the molecule is S=c1[nH]c(-c2ccc(Br)s2)cn1-c1ccccc1. The van der Waals surface area contributed by atoms with E-state index in [0.29, 0.717) is 4.77 Å². The highest BCUT2D eigenvalue weighted by Crippen LogP contribution is 2.30. The molecular formula is C13H9BrN2S2. The number of rotatable bonds is 2. The van der Waals surface area contributed by atoms with Crippen LogP contribution in [0.4, 0.5) is 0 Å². The molecule has 0 aliphatic heterocycles. The molecule has 0 amide bonds. The fourth-order valence-electron chi connectivity index (χ4n) is 1.76. The summed E-state index contributed by atoms with van der Waals surface area (Å²) < 4.78 is 3.81. The van der Waals surface area contributed by atoms with Crippen LogP contribution in [0.5, 0.6) is 0 Å². The molecule has 3 aromatic rings. The number of benzene rings is 1. The molecule has 0 bridgehead atoms. The van der Waals surface area contributed by atoms with Crippen LogP contribution >= 0.6 is 39.5 Å². The van der Waals surface area contributed by atoms with Gasteiger partial charge in [-0.25, -0.2) is 0 Å². The Balaban J connectivity index is 2.09. The minimum Gasteiger partial charge on any atom is -0.330 e. The third-order valence-electron chi connectivity index (χ3n) is 2.59. The third-order valence-corrected chi connectivity index (χ3v) is 4.55. The van der Waals surface area contributed by atoms with Crippen molar-refractivity contribution >= 4 is 39.5 Å². The number of halogens is 1. The predicted molar refractivity (Wildman–Crippen MR) is 82.0 cm³/mol. The van der Waals surface area contributed by atoms with Gasteiger partial charge in [-0.15, -0.1) is 11.3 Å². The van der Waals surface area contributed by atoms with Gasteiger partial charge in [-0.05, 0) is 52.4 Å². The molecule has 2 nitrogen and oxygen atoms in total. The second-order valence-electron chi connectivity index (χ2n) is 3.78. The zero-order chi connectivity index (χ0) is 12.5. The minimum atomic E-state index is 0.709. The van der Waals surface area contributed by atoms with Gasteiger partial charge in [0, 0.05) is 11.9 Å². The highest BCUT2D eigenvalue weighted by molar-refractivity contribution is 9.11. The van der Waals surface area contributed by atoms with E-state index in [2.05, 4.69) is 27.0 Å². The summed E-state index contributed by atoms with van der Waals surface area (Å²) in [6.07, 6.45) is 2.04. The first-order valence-electron chi connectivity index (χ1n) is 5.37. The summed E-state index contributed by atoms with van der Waals surface area (Å²) in [6, 6.07) is 14.2. The van der Waals surface area contributed by atoms with Gasteiger partial charge in [-0.2, -0.15) is 0 Å². The molecule has 2 heterocycles. The summed E-state index contributed by atoms with van der Waals surface area (Å²) in [7, 11) is 0. The van der Waals surface area contributed by atoms with Crippen LogP contribution in [0.25, 0.3) is 16.3 Å². The van der Waals surface area contributed by atoms with Crippen molar-refractivity contribution in [1.82, 2.24) is 9.55 Å². The maximum absolute atomic E-state index is 5.36. The lowest BCUT2D eigenvalue weighted by molar-refractivity contribution is 1.03. The van der Waals surface area contributed by atoms with Crippen molar-refractivity contribution in [2.45, 2.75) is 0 Å².